The first kappa shape index (κ1) is 28.7. The minimum Gasteiger partial charge on any atom is -0.481 e. The topological polar surface area (TPSA) is 115 Å². The maximum absolute atomic E-state index is 10.2. The zero-order valence-corrected chi connectivity index (χ0v) is 16.9. The van der Waals surface area contributed by atoms with Crippen molar-refractivity contribution in [2.45, 2.75) is 80.1 Å². The Balaban J connectivity index is -0.000000293. The zero-order chi connectivity index (χ0) is 20.5. The minimum absolute atomic E-state index is 0.0451. The summed E-state index contributed by atoms with van der Waals surface area (Å²) in [6.07, 6.45) is 5.83. The normalized spacial score (nSPS) is 12.8. The van der Waals surface area contributed by atoms with Gasteiger partial charge in [-0.2, -0.15) is 0 Å². The molecular weight excluding hydrogens is 324 g/mol. The largest absolute Gasteiger partial charge is 0.481 e. The fourth-order valence-electron chi connectivity index (χ4n) is 1.32. The number of hydrogen-bond acceptors (Lipinski definition) is 4. The monoisotopic (exact) mass is 364 g/mol. The fourth-order valence-corrected chi connectivity index (χ4v) is 1.32. The third-order valence-corrected chi connectivity index (χ3v) is 3.68. The van der Waals surface area contributed by atoms with Crippen LogP contribution < -0.4 is 0 Å². The van der Waals surface area contributed by atoms with Gasteiger partial charge in [-0.1, -0.05) is 67.2 Å². The summed E-state index contributed by atoms with van der Waals surface area (Å²) in [5.41, 5.74) is -0.306. The van der Waals surface area contributed by atoms with E-state index in [2.05, 4.69) is 13.8 Å². The maximum Gasteiger partial charge on any atom is 0.306 e. The van der Waals surface area contributed by atoms with Gasteiger partial charge in [0, 0.05) is 5.41 Å². The van der Waals surface area contributed by atoms with Crippen molar-refractivity contribution in [2.24, 2.45) is 17.3 Å². The van der Waals surface area contributed by atoms with Crippen LogP contribution in [0, 0.1) is 17.3 Å². The van der Waals surface area contributed by atoms with Gasteiger partial charge in [0.25, 0.3) is 0 Å². The molecule has 6 heteroatoms. The molecule has 0 aliphatic rings. The lowest BCUT2D eigenvalue weighted by Gasteiger charge is -2.16. The first-order chi connectivity index (χ1) is 11.5. The second kappa shape index (κ2) is 17.7. The minimum atomic E-state index is -0.677. The van der Waals surface area contributed by atoms with E-state index in [4.69, 9.17) is 20.4 Å². The van der Waals surface area contributed by atoms with E-state index < -0.39 is 11.9 Å². The van der Waals surface area contributed by atoms with Crippen LogP contribution >= 0.6 is 0 Å². The second-order valence-corrected chi connectivity index (χ2v) is 7.24. The molecule has 25 heavy (non-hydrogen) atoms. The predicted molar refractivity (Wildman–Crippen MR) is 101 cm³/mol. The number of aliphatic carboxylic acids is 2. The van der Waals surface area contributed by atoms with Crippen LogP contribution in [0.3, 0.4) is 0 Å². The van der Waals surface area contributed by atoms with Gasteiger partial charge in [0.15, 0.2) is 0 Å². The molecule has 0 bridgehead atoms. The molecule has 0 radical (unpaired) electrons. The van der Waals surface area contributed by atoms with Crippen LogP contribution in [-0.2, 0) is 9.59 Å². The van der Waals surface area contributed by atoms with Crippen molar-refractivity contribution in [3.8, 4) is 0 Å². The zero-order valence-electron chi connectivity index (χ0n) is 16.9. The van der Waals surface area contributed by atoms with E-state index in [1.54, 1.807) is 27.7 Å². The average molecular weight is 365 g/mol. The van der Waals surface area contributed by atoms with E-state index in [0.717, 1.165) is 38.5 Å². The molecule has 0 saturated carbocycles. The average Bonchev–Trinajstić information content (AvgIpc) is 2.58. The van der Waals surface area contributed by atoms with Crippen molar-refractivity contribution in [1.82, 2.24) is 0 Å². The number of unbranched alkanes of at least 4 members (excludes halogenated alkanes) is 2. The van der Waals surface area contributed by atoms with Gasteiger partial charge in [0.2, 0.25) is 0 Å². The van der Waals surface area contributed by atoms with Crippen LogP contribution in [0.25, 0.3) is 0 Å². The van der Waals surface area contributed by atoms with Gasteiger partial charge in [-0.05, 0) is 12.8 Å². The van der Waals surface area contributed by atoms with E-state index in [0.29, 0.717) is 0 Å². The molecule has 0 fully saturated rings. The highest BCUT2D eigenvalue weighted by Gasteiger charge is 2.13. The highest BCUT2D eigenvalue weighted by molar-refractivity contribution is 5.69. The lowest BCUT2D eigenvalue weighted by atomic mass is 9.97. The van der Waals surface area contributed by atoms with Gasteiger partial charge < -0.3 is 20.4 Å². The summed E-state index contributed by atoms with van der Waals surface area (Å²) in [6.45, 7) is 11.3. The van der Waals surface area contributed by atoms with Gasteiger partial charge in [0.05, 0.1) is 25.0 Å². The van der Waals surface area contributed by atoms with Gasteiger partial charge >= 0.3 is 11.9 Å². The van der Waals surface area contributed by atoms with Gasteiger partial charge in [-0.15, -0.1) is 0 Å². The smallest absolute Gasteiger partial charge is 0.306 e. The van der Waals surface area contributed by atoms with E-state index in [-0.39, 0.29) is 30.5 Å². The number of rotatable bonds is 10. The molecule has 0 aromatic rings. The quantitative estimate of drug-likeness (QED) is 0.469. The number of aliphatic hydroxyl groups excluding tert-OH is 2. The highest BCUT2D eigenvalue weighted by Crippen LogP contribution is 2.10. The molecule has 0 saturated heterocycles. The van der Waals surface area contributed by atoms with Crippen molar-refractivity contribution in [2.75, 3.05) is 13.2 Å². The summed E-state index contributed by atoms with van der Waals surface area (Å²) in [6, 6.07) is 0. The summed E-state index contributed by atoms with van der Waals surface area (Å²) in [5.74, 6) is -1.68. The number of carboxylic acids is 2. The third-order valence-electron chi connectivity index (χ3n) is 3.68. The van der Waals surface area contributed by atoms with Crippen molar-refractivity contribution in [1.29, 1.82) is 0 Å². The maximum atomic E-state index is 10.2. The predicted octanol–water partition coefficient (Wildman–Crippen LogP) is 3.79. The molecule has 152 valence electrons. The highest BCUT2D eigenvalue weighted by atomic mass is 16.4. The number of carbonyl (C=O) groups is 2. The van der Waals surface area contributed by atoms with Gasteiger partial charge in [-0.3, -0.25) is 9.59 Å². The molecular formula is C19H40O6. The Labute approximate surface area is 153 Å². The van der Waals surface area contributed by atoms with Crippen LogP contribution in [0.2, 0.25) is 0 Å². The summed E-state index contributed by atoms with van der Waals surface area (Å²) >= 11 is 0. The molecule has 0 heterocycles. The van der Waals surface area contributed by atoms with Crippen molar-refractivity contribution in [3.05, 3.63) is 0 Å². The Morgan fingerprint density at radius 2 is 1.08 bits per heavy atom. The van der Waals surface area contributed by atoms with Crippen LogP contribution in [0.1, 0.15) is 80.1 Å². The van der Waals surface area contributed by atoms with Crippen molar-refractivity contribution in [3.63, 3.8) is 0 Å². The van der Waals surface area contributed by atoms with E-state index >= 15 is 0 Å². The van der Waals surface area contributed by atoms with Crippen LogP contribution in [-0.4, -0.2) is 45.6 Å². The van der Waals surface area contributed by atoms with E-state index in [9.17, 15) is 9.59 Å². The summed E-state index contributed by atoms with van der Waals surface area (Å²) in [7, 11) is 0. The number of hydrogen-bond donors (Lipinski definition) is 4. The van der Waals surface area contributed by atoms with Crippen LogP contribution in [0.15, 0.2) is 0 Å². The van der Waals surface area contributed by atoms with E-state index in [1.165, 1.54) is 0 Å². The van der Waals surface area contributed by atoms with E-state index in [1.807, 2.05) is 0 Å². The molecule has 6 nitrogen and oxygen atoms in total. The lowest BCUT2D eigenvalue weighted by molar-refractivity contribution is -0.142. The SMILES string of the molecule is CC(C)(CO)CO.CCCCC(C)C(=O)O.CCCCC(C)C(=O)O. The molecule has 0 amide bonds. The molecule has 2 unspecified atom stereocenters. The Hall–Kier alpha value is -1.14. The Morgan fingerprint density at radius 3 is 1.20 bits per heavy atom. The molecule has 0 aromatic carbocycles. The third kappa shape index (κ3) is 22.9. The van der Waals surface area contributed by atoms with Gasteiger partial charge in [-0.25, -0.2) is 0 Å². The molecule has 4 N–H and O–H groups in total. The molecule has 2 atom stereocenters. The molecule has 0 rings (SSSR count). The number of carboxylic acid groups (broad SMARTS) is 2. The Kier molecular flexibility index (Phi) is 20.3. The summed E-state index contributed by atoms with van der Waals surface area (Å²) < 4.78 is 0. The first-order valence-corrected chi connectivity index (χ1v) is 9.16. The molecule has 0 aliphatic carbocycles. The number of aliphatic hydroxyl groups is 2. The molecule has 0 aromatic heterocycles. The molecule has 0 aliphatic heterocycles. The summed E-state index contributed by atoms with van der Waals surface area (Å²) in [4.78, 5) is 20.4. The Morgan fingerprint density at radius 1 is 0.800 bits per heavy atom. The van der Waals surface area contributed by atoms with Crippen LogP contribution in [0.4, 0.5) is 0 Å². The van der Waals surface area contributed by atoms with Crippen LogP contribution in [0.5, 0.6) is 0 Å². The van der Waals surface area contributed by atoms with Gasteiger partial charge in [0.1, 0.15) is 0 Å². The lowest BCUT2D eigenvalue weighted by Crippen LogP contribution is -2.20. The standard InChI is InChI=1S/2C7H14O2.C5H12O2/c2*1-3-4-5-6(2)7(8)9;1-5(2,3-6)4-7/h2*6H,3-5H2,1-2H3,(H,8,9);6-7H,3-4H2,1-2H3. The van der Waals surface area contributed by atoms with Crippen molar-refractivity contribution >= 4 is 11.9 Å². The molecule has 0 spiro atoms. The first-order valence-electron chi connectivity index (χ1n) is 9.16. The summed E-state index contributed by atoms with van der Waals surface area (Å²) in [5, 5.41) is 33.7. The fraction of sp³-hybridized carbons (Fsp3) is 0.895. The Bertz CT molecular complexity index is 298. The second-order valence-electron chi connectivity index (χ2n) is 7.24. The van der Waals surface area contributed by atoms with Crippen molar-refractivity contribution < 1.29 is 30.0 Å².